The molecule has 1 amide bonds. The first-order valence-electron chi connectivity index (χ1n) is 11.0. The summed E-state index contributed by atoms with van der Waals surface area (Å²) in [6.45, 7) is 7.90. The minimum atomic E-state index is 0.253. The molecule has 1 aromatic carbocycles. The number of hydrogen-bond acceptors (Lipinski definition) is 3. The smallest absolute Gasteiger partial charge is 0.223 e. The van der Waals surface area contributed by atoms with Crippen LogP contribution >= 0.6 is 0 Å². The second-order valence-corrected chi connectivity index (χ2v) is 8.88. The molecule has 1 N–H and O–H groups in total. The van der Waals surface area contributed by atoms with Gasteiger partial charge in [-0.25, -0.2) is 0 Å². The van der Waals surface area contributed by atoms with Gasteiger partial charge in [0.2, 0.25) is 5.91 Å². The second-order valence-electron chi connectivity index (χ2n) is 8.88. The molecule has 0 radical (unpaired) electrons. The Morgan fingerprint density at radius 3 is 2.33 bits per heavy atom. The molecule has 2 heterocycles. The molecule has 4 nitrogen and oxygen atoms in total. The fourth-order valence-corrected chi connectivity index (χ4v) is 4.87. The number of amides is 1. The fraction of sp³-hybridized carbons (Fsp3) is 0.696. The number of carbonyl (C=O) groups is 1. The predicted molar refractivity (Wildman–Crippen MR) is 110 cm³/mol. The average molecular weight is 370 g/mol. The number of carbonyl (C=O) groups excluding carboxylic acids is 1. The molecule has 4 heteroatoms. The van der Waals surface area contributed by atoms with Crippen molar-refractivity contribution in [3.05, 3.63) is 35.4 Å². The summed E-state index contributed by atoms with van der Waals surface area (Å²) in [5, 5.41) is 3.25. The van der Waals surface area contributed by atoms with Crippen LogP contribution in [0.2, 0.25) is 0 Å². The number of aryl methyl sites for hydroxylation is 1. The van der Waals surface area contributed by atoms with Crippen LogP contribution in [0.3, 0.4) is 0 Å². The van der Waals surface area contributed by atoms with Crippen molar-refractivity contribution in [2.75, 3.05) is 26.2 Å². The summed E-state index contributed by atoms with van der Waals surface area (Å²) < 4.78 is 0. The molecular weight excluding hydrogens is 334 g/mol. The van der Waals surface area contributed by atoms with E-state index in [4.69, 9.17) is 0 Å². The van der Waals surface area contributed by atoms with Crippen LogP contribution in [0, 0.1) is 12.8 Å². The first-order chi connectivity index (χ1) is 13.2. The maximum absolute atomic E-state index is 12.4. The number of likely N-dealkylation sites (tertiary alicyclic amines) is 2. The van der Waals surface area contributed by atoms with Crippen LogP contribution in [0.1, 0.15) is 56.1 Å². The number of rotatable bonds is 5. The number of piperidine rings is 2. The molecule has 0 aromatic heterocycles. The van der Waals surface area contributed by atoms with Gasteiger partial charge in [-0.15, -0.1) is 0 Å². The number of hydrogen-bond donors (Lipinski definition) is 1. The van der Waals surface area contributed by atoms with Gasteiger partial charge in [-0.1, -0.05) is 24.3 Å². The van der Waals surface area contributed by atoms with Crippen molar-refractivity contribution in [3.8, 4) is 0 Å². The summed E-state index contributed by atoms with van der Waals surface area (Å²) in [4.78, 5) is 17.7. The van der Waals surface area contributed by atoms with Crippen LogP contribution < -0.4 is 5.32 Å². The van der Waals surface area contributed by atoms with E-state index in [-0.39, 0.29) is 5.92 Å². The minimum Gasteiger partial charge on any atom is -0.353 e. The van der Waals surface area contributed by atoms with E-state index in [2.05, 4.69) is 46.3 Å². The van der Waals surface area contributed by atoms with Gasteiger partial charge in [-0.2, -0.15) is 0 Å². The molecule has 0 bridgehead atoms. The predicted octanol–water partition coefficient (Wildman–Crippen LogP) is 3.34. The lowest BCUT2D eigenvalue weighted by Gasteiger charge is -2.42. The molecule has 27 heavy (non-hydrogen) atoms. The van der Waals surface area contributed by atoms with Crippen molar-refractivity contribution in [1.29, 1.82) is 0 Å². The van der Waals surface area contributed by atoms with E-state index < -0.39 is 0 Å². The molecule has 148 valence electrons. The highest BCUT2D eigenvalue weighted by atomic mass is 16.2. The van der Waals surface area contributed by atoms with E-state index in [1.807, 2.05) is 0 Å². The lowest BCUT2D eigenvalue weighted by molar-refractivity contribution is -0.128. The van der Waals surface area contributed by atoms with Crippen LogP contribution in [-0.4, -0.2) is 54.0 Å². The van der Waals surface area contributed by atoms with E-state index in [1.165, 1.54) is 56.3 Å². The normalized spacial score (nSPS) is 23.9. The van der Waals surface area contributed by atoms with Gasteiger partial charge in [0.25, 0.3) is 0 Å². The highest BCUT2D eigenvalue weighted by Gasteiger charge is 2.32. The maximum Gasteiger partial charge on any atom is 0.223 e. The van der Waals surface area contributed by atoms with Crippen molar-refractivity contribution in [3.63, 3.8) is 0 Å². The topological polar surface area (TPSA) is 35.6 Å². The van der Waals surface area contributed by atoms with E-state index >= 15 is 0 Å². The highest BCUT2D eigenvalue weighted by molar-refractivity contribution is 5.79. The summed E-state index contributed by atoms with van der Waals surface area (Å²) in [6, 6.07) is 9.96. The molecule has 2 saturated heterocycles. The third kappa shape index (κ3) is 4.72. The first kappa shape index (κ1) is 18.9. The number of benzene rings is 1. The highest BCUT2D eigenvalue weighted by Crippen LogP contribution is 2.26. The first-order valence-corrected chi connectivity index (χ1v) is 11.0. The van der Waals surface area contributed by atoms with Crippen LogP contribution in [0.4, 0.5) is 0 Å². The molecule has 3 aliphatic rings. The molecule has 1 saturated carbocycles. The summed E-state index contributed by atoms with van der Waals surface area (Å²) in [6.07, 6.45) is 8.28. The Balaban J connectivity index is 1.19. The number of nitrogens with one attached hydrogen (secondary N) is 1. The summed E-state index contributed by atoms with van der Waals surface area (Å²) in [5.74, 6) is 0.579. The Labute approximate surface area is 164 Å². The molecule has 4 rings (SSSR count). The van der Waals surface area contributed by atoms with Gasteiger partial charge in [0, 0.05) is 24.5 Å². The van der Waals surface area contributed by atoms with E-state index in [9.17, 15) is 4.79 Å². The van der Waals surface area contributed by atoms with Crippen molar-refractivity contribution in [2.24, 2.45) is 5.92 Å². The standard InChI is InChI=1S/C23H35N3O/c1-18-5-2-3-6-20(18)17-25-13-11-22(12-14-25)26-15-9-19(10-16-26)23(27)24-21-7-4-8-21/h2-3,5-6,19,21-22H,4,7-17H2,1H3,(H,24,27). The molecule has 0 unspecified atom stereocenters. The maximum atomic E-state index is 12.4. The van der Waals surface area contributed by atoms with Crippen molar-refractivity contribution in [1.82, 2.24) is 15.1 Å². The zero-order valence-electron chi connectivity index (χ0n) is 16.8. The van der Waals surface area contributed by atoms with Crippen molar-refractivity contribution >= 4 is 5.91 Å². The Bertz CT molecular complexity index is 626. The largest absolute Gasteiger partial charge is 0.353 e. The average Bonchev–Trinajstić information content (AvgIpc) is 2.67. The molecule has 2 aliphatic heterocycles. The Morgan fingerprint density at radius 1 is 1.00 bits per heavy atom. The van der Waals surface area contributed by atoms with Gasteiger partial charge in [0.05, 0.1) is 0 Å². The van der Waals surface area contributed by atoms with Gasteiger partial charge in [-0.3, -0.25) is 9.69 Å². The van der Waals surface area contributed by atoms with E-state index in [0.29, 0.717) is 18.0 Å². The van der Waals surface area contributed by atoms with E-state index in [1.54, 1.807) is 0 Å². The fourth-order valence-electron chi connectivity index (χ4n) is 4.87. The molecule has 3 fully saturated rings. The molecular formula is C23H35N3O. The minimum absolute atomic E-state index is 0.253. The summed E-state index contributed by atoms with van der Waals surface area (Å²) >= 11 is 0. The van der Waals surface area contributed by atoms with Crippen LogP contribution in [0.15, 0.2) is 24.3 Å². The van der Waals surface area contributed by atoms with Crippen LogP contribution in [-0.2, 0) is 11.3 Å². The Hall–Kier alpha value is -1.39. The van der Waals surface area contributed by atoms with Gasteiger partial charge < -0.3 is 10.2 Å². The summed E-state index contributed by atoms with van der Waals surface area (Å²) in [5.41, 5.74) is 2.87. The quantitative estimate of drug-likeness (QED) is 0.865. The molecule has 1 aromatic rings. The number of nitrogens with zero attached hydrogens (tertiary/aromatic N) is 2. The lowest BCUT2D eigenvalue weighted by atomic mass is 9.89. The zero-order valence-corrected chi connectivity index (χ0v) is 16.8. The zero-order chi connectivity index (χ0) is 18.6. The Kier molecular flexibility index (Phi) is 6.14. The molecule has 0 spiro atoms. The Morgan fingerprint density at radius 2 is 1.70 bits per heavy atom. The third-order valence-corrected chi connectivity index (χ3v) is 7.08. The van der Waals surface area contributed by atoms with Gasteiger partial charge >= 0.3 is 0 Å². The van der Waals surface area contributed by atoms with Crippen LogP contribution in [0.25, 0.3) is 0 Å². The monoisotopic (exact) mass is 369 g/mol. The third-order valence-electron chi connectivity index (χ3n) is 7.08. The molecule has 1 aliphatic carbocycles. The van der Waals surface area contributed by atoms with Gasteiger partial charge in [0.1, 0.15) is 0 Å². The van der Waals surface area contributed by atoms with E-state index in [0.717, 1.165) is 32.5 Å². The van der Waals surface area contributed by atoms with Gasteiger partial charge in [0.15, 0.2) is 0 Å². The SMILES string of the molecule is Cc1ccccc1CN1CCC(N2CCC(C(=O)NC3CCC3)CC2)CC1. The lowest BCUT2D eigenvalue weighted by Crippen LogP contribution is -2.50. The van der Waals surface area contributed by atoms with Crippen molar-refractivity contribution in [2.45, 2.75) is 70.5 Å². The van der Waals surface area contributed by atoms with Gasteiger partial charge in [-0.05, 0) is 89.2 Å². The van der Waals surface area contributed by atoms with Crippen LogP contribution in [0.5, 0.6) is 0 Å². The second kappa shape index (κ2) is 8.74. The van der Waals surface area contributed by atoms with Crippen molar-refractivity contribution < 1.29 is 4.79 Å². The summed E-state index contributed by atoms with van der Waals surface area (Å²) in [7, 11) is 0. The molecule has 0 atom stereocenters.